The lowest BCUT2D eigenvalue weighted by molar-refractivity contribution is 0.163. The van der Waals surface area contributed by atoms with E-state index >= 15 is 0 Å². The molecule has 1 atom stereocenters. The molecule has 1 unspecified atom stereocenters. The Hall–Kier alpha value is -0.650. The Morgan fingerprint density at radius 2 is 2.05 bits per heavy atom. The average molecular weight is 317 g/mol. The molecule has 1 aromatic rings. The Labute approximate surface area is 130 Å². The summed E-state index contributed by atoms with van der Waals surface area (Å²) in [4.78, 5) is 0.491. The third kappa shape index (κ3) is 6.76. The maximum Gasteiger partial charge on any atom is 0.139 e. The van der Waals surface area contributed by atoms with Gasteiger partial charge in [0.25, 0.3) is 0 Å². The van der Waals surface area contributed by atoms with Gasteiger partial charge in [0.2, 0.25) is 0 Å². The highest BCUT2D eigenvalue weighted by Gasteiger charge is 2.21. The molecule has 0 aromatic heterocycles. The second-order valence-electron chi connectivity index (χ2n) is 5.53. The minimum Gasteiger partial charge on any atom is -0.394 e. The van der Waals surface area contributed by atoms with Crippen LogP contribution in [0.5, 0.6) is 0 Å². The molecule has 0 spiro atoms. The molecule has 5 heteroatoms. The van der Waals surface area contributed by atoms with Gasteiger partial charge >= 0.3 is 0 Å². The number of hydrogen-bond donors (Lipinski definition) is 2. The molecular weight excluding hydrogens is 292 g/mol. The SMILES string of the molecule is CCCNC(C)(CO)CCCCSc1ccc(F)cc1F. The van der Waals surface area contributed by atoms with Crippen molar-refractivity contribution >= 4 is 11.8 Å². The van der Waals surface area contributed by atoms with Gasteiger partial charge in [-0.05, 0) is 50.6 Å². The number of hydrogen-bond acceptors (Lipinski definition) is 3. The molecule has 2 N–H and O–H groups in total. The van der Waals surface area contributed by atoms with Gasteiger partial charge in [-0.15, -0.1) is 11.8 Å². The number of nitrogens with one attached hydrogen (secondary N) is 1. The normalized spacial score (nSPS) is 14.1. The Morgan fingerprint density at radius 1 is 1.29 bits per heavy atom. The lowest BCUT2D eigenvalue weighted by Crippen LogP contribution is -2.46. The third-order valence-electron chi connectivity index (χ3n) is 3.43. The summed E-state index contributed by atoms with van der Waals surface area (Å²) < 4.78 is 26.2. The lowest BCUT2D eigenvalue weighted by atomic mass is 9.96. The molecular formula is C16H25F2NOS. The van der Waals surface area contributed by atoms with Crippen LogP contribution in [0, 0.1) is 11.6 Å². The van der Waals surface area contributed by atoms with Gasteiger partial charge in [-0.1, -0.05) is 13.3 Å². The maximum atomic E-state index is 13.4. The highest BCUT2D eigenvalue weighted by molar-refractivity contribution is 7.99. The number of rotatable bonds is 10. The average Bonchev–Trinajstić information content (AvgIpc) is 2.47. The van der Waals surface area contributed by atoms with Crippen LogP contribution in [-0.2, 0) is 0 Å². The van der Waals surface area contributed by atoms with Crippen molar-refractivity contribution in [2.75, 3.05) is 18.9 Å². The van der Waals surface area contributed by atoms with Crippen molar-refractivity contribution in [2.45, 2.75) is 50.0 Å². The van der Waals surface area contributed by atoms with Gasteiger partial charge in [0.05, 0.1) is 6.61 Å². The Kier molecular flexibility index (Phi) is 8.22. The smallest absolute Gasteiger partial charge is 0.139 e. The summed E-state index contributed by atoms with van der Waals surface area (Å²) in [5, 5.41) is 12.8. The molecule has 0 aliphatic carbocycles. The highest BCUT2D eigenvalue weighted by Crippen LogP contribution is 2.24. The molecule has 0 aliphatic heterocycles. The van der Waals surface area contributed by atoms with Crippen molar-refractivity contribution in [1.29, 1.82) is 0 Å². The number of thioether (sulfide) groups is 1. The van der Waals surface area contributed by atoms with Crippen LogP contribution >= 0.6 is 11.8 Å². The van der Waals surface area contributed by atoms with Crippen LogP contribution in [0.4, 0.5) is 8.78 Å². The summed E-state index contributed by atoms with van der Waals surface area (Å²) in [7, 11) is 0. The first kappa shape index (κ1) is 18.4. The van der Waals surface area contributed by atoms with Crippen molar-refractivity contribution in [2.24, 2.45) is 0 Å². The van der Waals surface area contributed by atoms with E-state index in [1.807, 2.05) is 6.92 Å². The predicted octanol–water partition coefficient (Wildman–Crippen LogP) is 3.98. The molecule has 0 saturated heterocycles. The number of aliphatic hydroxyl groups excluding tert-OH is 1. The molecule has 0 heterocycles. The van der Waals surface area contributed by atoms with E-state index in [0.717, 1.165) is 44.0 Å². The van der Waals surface area contributed by atoms with Crippen LogP contribution in [0.3, 0.4) is 0 Å². The van der Waals surface area contributed by atoms with Gasteiger partial charge in [-0.3, -0.25) is 0 Å². The fourth-order valence-electron chi connectivity index (χ4n) is 2.04. The van der Waals surface area contributed by atoms with Crippen LogP contribution in [0.1, 0.15) is 39.5 Å². The van der Waals surface area contributed by atoms with Gasteiger partial charge in [-0.2, -0.15) is 0 Å². The minimum absolute atomic E-state index is 0.118. The van der Waals surface area contributed by atoms with E-state index in [1.54, 1.807) is 0 Å². The fraction of sp³-hybridized carbons (Fsp3) is 0.625. The molecule has 21 heavy (non-hydrogen) atoms. The summed E-state index contributed by atoms with van der Waals surface area (Å²) in [6.07, 6.45) is 3.82. The lowest BCUT2D eigenvalue weighted by Gasteiger charge is -2.28. The van der Waals surface area contributed by atoms with E-state index in [2.05, 4.69) is 12.2 Å². The second-order valence-corrected chi connectivity index (χ2v) is 6.66. The van der Waals surface area contributed by atoms with Crippen LogP contribution in [0.15, 0.2) is 23.1 Å². The third-order valence-corrected chi connectivity index (χ3v) is 4.56. The van der Waals surface area contributed by atoms with Crippen molar-refractivity contribution in [3.63, 3.8) is 0 Å². The Morgan fingerprint density at radius 3 is 2.67 bits per heavy atom. The van der Waals surface area contributed by atoms with E-state index in [-0.39, 0.29) is 12.1 Å². The molecule has 1 rings (SSSR count). The number of benzene rings is 1. The van der Waals surface area contributed by atoms with Gasteiger partial charge in [0, 0.05) is 16.5 Å². The fourth-order valence-corrected chi connectivity index (χ4v) is 2.97. The van der Waals surface area contributed by atoms with Crippen molar-refractivity contribution < 1.29 is 13.9 Å². The topological polar surface area (TPSA) is 32.3 Å². The van der Waals surface area contributed by atoms with Crippen LogP contribution in [0.2, 0.25) is 0 Å². The summed E-state index contributed by atoms with van der Waals surface area (Å²) in [6.45, 7) is 5.13. The largest absolute Gasteiger partial charge is 0.394 e. The first-order valence-electron chi connectivity index (χ1n) is 7.44. The van der Waals surface area contributed by atoms with Crippen LogP contribution in [-0.4, -0.2) is 29.5 Å². The molecule has 2 nitrogen and oxygen atoms in total. The van der Waals surface area contributed by atoms with E-state index in [1.165, 1.54) is 23.9 Å². The zero-order valence-corrected chi connectivity index (χ0v) is 13.6. The standard InChI is InChI=1S/C16H25F2NOS/c1-3-9-19-16(2,12-20)8-4-5-10-21-15-7-6-13(17)11-14(15)18/h6-7,11,19-20H,3-5,8-10,12H2,1-2H3. The van der Waals surface area contributed by atoms with Gasteiger partial charge in [0.1, 0.15) is 11.6 Å². The Balaban J connectivity index is 2.27. The van der Waals surface area contributed by atoms with E-state index in [4.69, 9.17) is 0 Å². The maximum absolute atomic E-state index is 13.4. The molecule has 1 aromatic carbocycles. The highest BCUT2D eigenvalue weighted by atomic mass is 32.2. The zero-order valence-electron chi connectivity index (χ0n) is 12.8. The molecule has 0 radical (unpaired) electrons. The van der Waals surface area contributed by atoms with Gasteiger partial charge in [-0.25, -0.2) is 8.78 Å². The summed E-state index contributed by atoms with van der Waals surface area (Å²) in [5.74, 6) is -0.250. The molecule has 0 fully saturated rings. The quantitative estimate of drug-likeness (QED) is 0.506. The van der Waals surface area contributed by atoms with E-state index in [0.29, 0.717) is 4.90 Å². The number of halogens is 2. The van der Waals surface area contributed by atoms with Crippen LogP contribution in [0.25, 0.3) is 0 Å². The summed E-state index contributed by atoms with van der Waals surface area (Å²) in [6, 6.07) is 3.68. The van der Waals surface area contributed by atoms with E-state index in [9.17, 15) is 13.9 Å². The summed E-state index contributed by atoms with van der Waals surface area (Å²) >= 11 is 1.41. The van der Waals surface area contributed by atoms with Crippen molar-refractivity contribution in [3.8, 4) is 0 Å². The second kappa shape index (κ2) is 9.38. The predicted molar refractivity (Wildman–Crippen MR) is 84.7 cm³/mol. The number of aliphatic hydroxyl groups is 1. The van der Waals surface area contributed by atoms with E-state index < -0.39 is 11.6 Å². The van der Waals surface area contributed by atoms with Gasteiger partial charge < -0.3 is 10.4 Å². The molecule has 0 bridgehead atoms. The van der Waals surface area contributed by atoms with Crippen LogP contribution < -0.4 is 5.32 Å². The molecule has 0 amide bonds. The first-order chi connectivity index (χ1) is 10.0. The first-order valence-corrected chi connectivity index (χ1v) is 8.43. The summed E-state index contributed by atoms with van der Waals surface area (Å²) in [5.41, 5.74) is -0.234. The molecule has 120 valence electrons. The van der Waals surface area contributed by atoms with Gasteiger partial charge in [0.15, 0.2) is 0 Å². The Bertz CT molecular complexity index is 431. The molecule has 0 aliphatic rings. The van der Waals surface area contributed by atoms with Crippen molar-refractivity contribution in [1.82, 2.24) is 5.32 Å². The monoisotopic (exact) mass is 317 g/mol. The zero-order chi connectivity index (χ0) is 15.7. The van der Waals surface area contributed by atoms with Crippen molar-refractivity contribution in [3.05, 3.63) is 29.8 Å². The number of unbranched alkanes of at least 4 members (excludes halogenated alkanes) is 1. The minimum atomic E-state index is -0.544. The molecule has 0 saturated carbocycles.